The third-order valence-electron chi connectivity index (χ3n) is 4.33. The van der Waals surface area contributed by atoms with E-state index in [0.29, 0.717) is 18.4 Å². The molecule has 0 atom stereocenters. The van der Waals surface area contributed by atoms with Crippen LogP contribution in [-0.2, 0) is 10.5 Å². The molecule has 0 aliphatic heterocycles. The van der Waals surface area contributed by atoms with Gasteiger partial charge in [0.05, 0.1) is 0 Å². The van der Waals surface area contributed by atoms with Crippen LogP contribution >= 0.6 is 11.8 Å². The van der Waals surface area contributed by atoms with E-state index in [-0.39, 0.29) is 5.91 Å². The number of nitrogens with one attached hydrogen (secondary N) is 1. The number of rotatable bonds is 6. The number of hydrogen-bond donors (Lipinski definition) is 2. The van der Waals surface area contributed by atoms with Gasteiger partial charge in [-0.1, -0.05) is 30.3 Å². The molecule has 3 rings (SSSR count). The molecule has 124 valence electrons. The Balaban J connectivity index is 1.59. The van der Waals surface area contributed by atoms with E-state index in [4.69, 9.17) is 0 Å². The summed E-state index contributed by atoms with van der Waals surface area (Å²) in [7, 11) is 0. The summed E-state index contributed by atoms with van der Waals surface area (Å²) < 4.78 is 0. The highest BCUT2D eigenvalue weighted by Gasteiger charge is 2.45. The number of carboxylic acids is 1. The first-order valence-corrected chi connectivity index (χ1v) is 8.90. The largest absolute Gasteiger partial charge is 0.480 e. The van der Waals surface area contributed by atoms with E-state index >= 15 is 0 Å². The Morgan fingerprint density at radius 2 is 1.71 bits per heavy atom. The lowest BCUT2D eigenvalue weighted by molar-refractivity contribution is -0.148. The Morgan fingerprint density at radius 1 is 1.04 bits per heavy atom. The first-order valence-electron chi connectivity index (χ1n) is 7.92. The molecule has 4 nitrogen and oxygen atoms in total. The van der Waals surface area contributed by atoms with Gasteiger partial charge in [-0.05, 0) is 49.1 Å². The predicted molar refractivity (Wildman–Crippen MR) is 94.1 cm³/mol. The van der Waals surface area contributed by atoms with Crippen molar-refractivity contribution in [3.05, 3.63) is 65.7 Å². The van der Waals surface area contributed by atoms with Gasteiger partial charge >= 0.3 is 5.97 Å². The summed E-state index contributed by atoms with van der Waals surface area (Å²) in [6.07, 6.45) is 1.83. The lowest BCUT2D eigenvalue weighted by atomic mass is 9.76. The third-order valence-corrected chi connectivity index (χ3v) is 5.42. The van der Waals surface area contributed by atoms with Crippen LogP contribution in [0.5, 0.6) is 0 Å². The number of carboxylic acid groups (broad SMARTS) is 1. The van der Waals surface area contributed by atoms with Crippen LogP contribution in [0.1, 0.15) is 35.2 Å². The molecular weight excluding hydrogens is 322 g/mol. The van der Waals surface area contributed by atoms with E-state index in [1.807, 2.05) is 30.3 Å². The molecule has 0 aromatic heterocycles. The number of hydrogen-bond acceptors (Lipinski definition) is 3. The molecule has 2 N–H and O–H groups in total. The van der Waals surface area contributed by atoms with Crippen LogP contribution in [0.25, 0.3) is 0 Å². The molecule has 0 unspecified atom stereocenters. The van der Waals surface area contributed by atoms with Gasteiger partial charge in [0.2, 0.25) is 0 Å². The van der Waals surface area contributed by atoms with E-state index in [0.717, 1.165) is 17.1 Å². The van der Waals surface area contributed by atoms with Crippen LogP contribution in [0.3, 0.4) is 0 Å². The molecule has 0 saturated heterocycles. The van der Waals surface area contributed by atoms with Gasteiger partial charge in [0.25, 0.3) is 5.91 Å². The Hall–Kier alpha value is -2.27. The number of carbonyl (C=O) groups is 2. The summed E-state index contributed by atoms with van der Waals surface area (Å²) >= 11 is 1.70. The molecule has 2 aromatic rings. The van der Waals surface area contributed by atoms with Crippen LogP contribution in [-0.4, -0.2) is 22.5 Å². The fourth-order valence-electron chi connectivity index (χ4n) is 2.66. The van der Waals surface area contributed by atoms with E-state index < -0.39 is 11.5 Å². The van der Waals surface area contributed by atoms with E-state index in [1.54, 1.807) is 23.9 Å². The third kappa shape index (κ3) is 3.62. The molecule has 0 spiro atoms. The lowest BCUT2D eigenvalue weighted by Crippen LogP contribution is -2.59. The SMILES string of the molecule is O=C(NC1(C(=O)O)CCC1)c1ccc(SCc2ccccc2)cc1. The van der Waals surface area contributed by atoms with Gasteiger partial charge in [0.15, 0.2) is 0 Å². The van der Waals surface area contributed by atoms with Crippen molar-refractivity contribution in [3.8, 4) is 0 Å². The molecule has 5 heteroatoms. The zero-order valence-corrected chi connectivity index (χ0v) is 14.0. The van der Waals surface area contributed by atoms with Crippen molar-refractivity contribution in [2.24, 2.45) is 0 Å². The summed E-state index contributed by atoms with van der Waals surface area (Å²) in [5.74, 6) is -0.400. The van der Waals surface area contributed by atoms with Crippen LogP contribution in [0.2, 0.25) is 0 Å². The van der Waals surface area contributed by atoms with Crippen molar-refractivity contribution in [2.45, 2.75) is 35.4 Å². The average Bonchev–Trinajstić information content (AvgIpc) is 2.57. The van der Waals surface area contributed by atoms with Crippen molar-refractivity contribution < 1.29 is 14.7 Å². The maximum Gasteiger partial charge on any atom is 0.329 e. The molecule has 2 aromatic carbocycles. The predicted octanol–water partition coefficient (Wildman–Crippen LogP) is 3.72. The number of carbonyl (C=O) groups excluding carboxylic acids is 1. The van der Waals surface area contributed by atoms with Gasteiger partial charge in [0, 0.05) is 16.2 Å². The highest BCUT2D eigenvalue weighted by atomic mass is 32.2. The van der Waals surface area contributed by atoms with Crippen LogP contribution in [0.15, 0.2) is 59.5 Å². The molecule has 1 amide bonds. The van der Waals surface area contributed by atoms with Crippen LogP contribution in [0, 0.1) is 0 Å². The van der Waals surface area contributed by atoms with E-state index in [9.17, 15) is 14.7 Å². The van der Waals surface area contributed by atoms with Gasteiger partial charge in [0.1, 0.15) is 5.54 Å². The fraction of sp³-hybridized carbons (Fsp3) is 0.263. The molecule has 0 bridgehead atoms. The zero-order valence-electron chi connectivity index (χ0n) is 13.2. The number of aliphatic carboxylic acids is 1. The van der Waals surface area contributed by atoms with Gasteiger partial charge in [-0.3, -0.25) is 4.79 Å². The Morgan fingerprint density at radius 3 is 2.25 bits per heavy atom. The molecular formula is C19H19NO3S. The van der Waals surface area contributed by atoms with Gasteiger partial charge in [-0.15, -0.1) is 11.8 Å². The van der Waals surface area contributed by atoms with Crippen molar-refractivity contribution in [2.75, 3.05) is 0 Å². The molecule has 1 aliphatic rings. The van der Waals surface area contributed by atoms with E-state index in [2.05, 4.69) is 17.4 Å². The van der Waals surface area contributed by atoms with Crippen molar-refractivity contribution in [1.29, 1.82) is 0 Å². The number of thioether (sulfide) groups is 1. The Bertz CT molecular complexity index is 724. The summed E-state index contributed by atoms with van der Waals surface area (Å²) in [5.41, 5.74) is 0.668. The number of benzene rings is 2. The molecule has 24 heavy (non-hydrogen) atoms. The molecule has 0 radical (unpaired) electrons. The summed E-state index contributed by atoms with van der Waals surface area (Å²) in [5, 5.41) is 12.0. The molecule has 1 fully saturated rings. The topological polar surface area (TPSA) is 66.4 Å². The molecule has 1 saturated carbocycles. The molecule has 0 heterocycles. The minimum Gasteiger partial charge on any atom is -0.480 e. The van der Waals surface area contributed by atoms with Crippen molar-refractivity contribution in [3.63, 3.8) is 0 Å². The Labute approximate surface area is 145 Å². The quantitative estimate of drug-likeness (QED) is 0.786. The molecule has 1 aliphatic carbocycles. The summed E-state index contributed by atoms with van der Waals surface area (Å²) in [6.45, 7) is 0. The van der Waals surface area contributed by atoms with Crippen molar-refractivity contribution in [1.82, 2.24) is 5.32 Å². The highest BCUT2D eigenvalue weighted by Crippen LogP contribution is 2.32. The standard InChI is InChI=1S/C19H19NO3S/c21-17(20-19(18(22)23)11-4-12-19)15-7-9-16(10-8-15)24-13-14-5-2-1-3-6-14/h1-3,5-10H,4,11-13H2,(H,20,21)(H,22,23). The van der Waals surface area contributed by atoms with Crippen LogP contribution in [0.4, 0.5) is 0 Å². The first-order chi connectivity index (χ1) is 11.6. The summed E-state index contributed by atoms with van der Waals surface area (Å²) in [6, 6.07) is 17.5. The van der Waals surface area contributed by atoms with Gasteiger partial charge < -0.3 is 10.4 Å². The fourth-order valence-corrected chi connectivity index (χ4v) is 3.51. The highest BCUT2D eigenvalue weighted by molar-refractivity contribution is 7.98. The minimum atomic E-state index is -1.07. The first kappa shape index (κ1) is 16.6. The smallest absolute Gasteiger partial charge is 0.329 e. The van der Waals surface area contributed by atoms with Crippen LogP contribution < -0.4 is 5.32 Å². The number of amides is 1. The zero-order chi connectivity index (χ0) is 17.0. The normalized spacial score (nSPS) is 15.3. The average molecular weight is 341 g/mol. The van der Waals surface area contributed by atoms with Gasteiger partial charge in [-0.2, -0.15) is 0 Å². The monoisotopic (exact) mass is 341 g/mol. The summed E-state index contributed by atoms with van der Waals surface area (Å²) in [4.78, 5) is 24.7. The van der Waals surface area contributed by atoms with E-state index in [1.165, 1.54) is 5.56 Å². The second kappa shape index (κ2) is 7.09. The maximum atomic E-state index is 12.3. The lowest BCUT2D eigenvalue weighted by Gasteiger charge is -2.38. The second-order valence-electron chi connectivity index (χ2n) is 5.99. The van der Waals surface area contributed by atoms with Gasteiger partial charge in [-0.25, -0.2) is 4.79 Å². The second-order valence-corrected chi connectivity index (χ2v) is 7.04. The Kier molecular flexibility index (Phi) is 4.90. The minimum absolute atomic E-state index is 0.322. The van der Waals surface area contributed by atoms with Crippen molar-refractivity contribution >= 4 is 23.6 Å². The maximum absolute atomic E-state index is 12.3.